The van der Waals surface area contributed by atoms with Crippen molar-refractivity contribution in [2.24, 2.45) is 10.8 Å². The van der Waals surface area contributed by atoms with Crippen molar-refractivity contribution in [2.75, 3.05) is 6.61 Å². The number of carbonyl (C=O) groups is 1. The number of nitrogens with one attached hydrogen (secondary N) is 1. The van der Waals surface area contributed by atoms with E-state index in [0.717, 1.165) is 17.7 Å². The summed E-state index contributed by atoms with van der Waals surface area (Å²) >= 11 is 4.80. The standard InChI is InChI=1S/C22H33N3O2S/c1-2-3-4-5-6-7-8-12-17-21(26)27-18-13-16-20(24-25-22(23)28)19-14-10-9-11-15-19/h8-12,14-15H,2-7,13,16-18H2,1H3,(H3,23,25,28). The lowest BCUT2D eigenvalue weighted by Gasteiger charge is -2.08. The second-order valence-corrected chi connectivity index (χ2v) is 7.04. The fourth-order valence-corrected chi connectivity index (χ4v) is 2.71. The number of unbranched alkanes of at least 4 members (excludes halogenated alkanes) is 5. The summed E-state index contributed by atoms with van der Waals surface area (Å²) in [7, 11) is 0. The number of hydrazone groups is 1. The van der Waals surface area contributed by atoms with Crippen LogP contribution in [0.4, 0.5) is 0 Å². The molecular formula is C22H33N3O2S. The van der Waals surface area contributed by atoms with Crippen molar-refractivity contribution in [1.82, 2.24) is 5.43 Å². The zero-order valence-corrected chi connectivity index (χ0v) is 17.7. The number of nitrogens with zero attached hydrogens (tertiary/aromatic N) is 1. The van der Waals surface area contributed by atoms with E-state index in [2.05, 4.69) is 23.5 Å². The van der Waals surface area contributed by atoms with Gasteiger partial charge in [0.25, 0.3) is 0 Å². The predicted octanol–water partition coefficient (Wildman–Crippen LogP) is 4.85. The molecule has 28 heavy (non-hydrogen) atoms. The maximum Gasteiger partial charge on any atom is 0.309 e. The summed E-state index contributed by atoms with van der Waals surface area (Å²) in [6, 6.07) is 9.78. The molecule has 0 spiro atoms. The predicted molar refractivity (Wildman–Crippen MR) is 120 cm³/mol. The molecule has 1 aromatic carbocycles. The van der Waals surface area contributed by atoms with E-state index < -0.39 is 0 Å². The summed E-state index contributed by atoms with van der Waals surface area (Å²) in [5.74, 6) is -0.193. The van der Waals surface area contributed by atoms with Crippen LogP contribution in [0.15, 0.2) is 47.6 Å². The number of benzene rings is 1. The first-order valence-electron chi connectivity index (χ1n) is 10.1. The van der Waals surface area contributed by atoms with E-state index in [9.17, 15) is 4.79 Å². The van der Waals surface area contributed by atoms with Gasteiger partial charge < -0.3 is 10.5 Å². The molecule has 0 fully saturated rings. The van der Waals surface area contributed by atoms with Crippen LogP contribution in [0.2, 0.25) is 0 Å². The van der Waals surface area contributed by atoms with Gasteiger partial charge in [0, 0.05) is 0 Å². The fourth-order valence-electron chi connectivity index (χ4n) is 2.67. The monoisotopic (exact) mass is 403 g/mol. The van der Waals surface area contributed by atoms with Crippen LogP contribution in [-0.2, 0) is 9.53 Å². The molecule has 0 aliphatic carbocycles. The third-order valence-electron chi connectivity index (χ3n) is 4.15. The topological polar surface area (TPSA) is 76.7 Å². The van der Waals surface area contributed by atoms with Gasteiger partial charge in [-0.05, 0) is 43.5 Å². The minimum absolute atomic E-state index is 0.122. The molecule has 0 saturated carbocycles. The minimum Gasteiger partial charge on any atom is -0.465 e. The lowest BCUT2D eigenvalue weighted by atomic mass is 10.1. The highest BCUT2D eigenvalue weighted by Gasteiger charge is 2.05. The highest BCUT2D eigenvalue weighted by atomic mass is 32.1. The van der Waals surface area contributed by atoms with Gasteiger partial charge in [-0.25, -0.2) is 0 Å². The normalized spacial score (nSPS) is 11.5. The van der Waals surface area contributed by atoms with Crippen LogP contribution in [0.1, 0.15) is 70.3 Å². The molecule has 6 heteroatoms. The molecule has 1 rings (SSSR count). The van der Waals surface area contributed by atoms with Crippen molar-refractivity contribution in [2.45, 2.75) is 64.7 Å². The molecule has 0 amide bonds. The van der Waals surface area contributed by atoms with Gasteiger partial charge in [0.05, 0.1) is 18.7 Å². The first-order chi connectivity index (χ1) is 13.6. The van der Waals surface area contributed by atoms with Crippen LogP contribution in [-0.4, -0.2) is 23.4 Å². The van der Waals surface area contributed by atoms with Crippen molar-refractivity contribution in [3.8, 4) is 0 Å². The average Bonchev–Trinajstić information content (AvgIpc) is 2.70. The van der Waals surface area contributed by atoms with Gasteiger partial charge >= 0.3 is 5.97 Å². The van der Waals surface area contributed by atoms with Crippen LogP contribution in [0.25, 0.3) is 0 Å². The van der Waals surface area contributed by atoms with Crippen LogP contribution in [0.3, 0.4) is 0 Å². The number of rotatable bonds is 14. The van der Waals surface area contributed by atoms with E-state index >= 15 is 0 Å². The molecule has 0 radical (unpaired) electrons. The van der Waals surface area contributed by atoms with Gasteiger partial charge in [-0.2, -0.15) is 5.10 Å². The Balaban J connectivity index is 2.24. The van der Waals surface area contributed by atoms with Crippen molar-refractivity contribution < 1.29 is 9.53 Å². The Morgan fingerprint density at radius 2 is 1.89 bits per heavy atom. The zero-order chi connectivity index (χ0) is 20.5. The number of thiocarbonyl (C=S) groups is 1. The van der Waals surface area contributed by atoms with Crippen LogP contribution in [0.5, 0.6) is 0 Å². The second-order valence-electron chi connectivity index (χ2n) is 6.60. The van der Waals surface area contributed by atoms with E-state index in [-0.39, 0.29) is 11.1 Å². The smallest absolute Gasteiger partial charge is 0.309 e. The lowest BCUT2D eigenvalue weighted by molar-refractivity contribution is -0.142. The van der Waals surface area contributed by atoms with Crippen LogP contribution < -0.4 is 11.2 Å². The third kappa shape index (κ3) is 12.2. The Labute approximate surface area is 174 Å². The molecule has 5 nitrogen and oxygen atoms in total. The molecule has 0 bridgehead atoms. The van der Waals surface area contributed by atoms with Crippen LogP contribution in [0, 0.1) is 0 Å². The van der Waals surface area contributed by atoms with Gasteiger partial charge in [-0.3, -0.25) is 10.2 Å². The average molecular weight is 404 g/mol. The number of allylic oxidation sites excluding steroid dienone is 1. The van der Waals surface area contributed by atoms with Gasteiger partial charge in [0.15, 0.2) is 5.11 Å². The Morgan fingerprint density at radius 3 is 2.61 bits per heavy atom. The van der Waals surface area contributed by atoms with Gasteiger partial charge in [0.1, 0.15) is 0 Å². The molecule has 0 atom stereocenters. The van der Waals surface area contributed by atoms with Crippen molar-refractivity contribution >= 4 is 29.0 Å². The number of carbonyl (C=O) groups excluding carboxylic acids is 1. The van der Waals surface area contributed by atoms with Crippen molar-refractivity contribution in [3.05, 3.63) is 48.0 Å². The molecule has 0 aliphatic heterocycles. The fraction of sp³-hybridized carbons (Fsp3) is 0.500. The highest BCUT2D eigenvalue weighted by Crippen LogP contribution is 2.08. The molecule has 0 saturated heterocycles. The van der Waals surface area contributed by atoms with E-state index in [1.54, 1.807) is 0 Å². The summed E-state index contributed by atoms with van der Waals surface area (Å²) in [5, 5.41) is 4.38. The zero-order valence-electron chi connectivity index (χ0n) is 16.9. The molecule has 0 aliphatic rings. The number of hydrogen-bond donors (Lipinski definition) is 2. The molecule has 3 N–H and O–H groups in total. The first-order valence-corrected chi connectivity index (χ1v) is 10.5. The maximum atomic E-state index is 11.8. The van der Waals surface area contributed by atoms with E-state index in [1.165, 1.54) is 32.1 Å². The second kappa shape index (κ2) is 15.8. The Bertz CT molecular complexity index is 630. The summed E-state index contributed by atoms with van der Waals surface area (Å²) in [6.07, 6.45) is 13.0. The largest absolute Gasteiger partial charge is 0.465 e. The van der Waals surface area contributed by atoms with E-state index in [1.807, 2.05) is 36.4 Å². The summed E-state index contributed by atoms with van der Waals surface area (Å²) < 4.78 is 5.30. The third-order valence-corrected chi connectivity index (χ3v) is 4.25. The van der Waals surface area contributed by atoms with Crippen LogP contribution >= 0.6 is 12.2 Å². The number of nitrogens with two attached hydrogens (primary N) is 1. The summed E-state index contributed by atoms with van der Waals surface area (Å²) in [5.41, 5.74) is 9.89. The Morgan fingerprint density at radius 1 is 1.14 bits per heavy atom. The van der Waals surface area contributed by atoms with Gasteiger partial charge in [0.2, 0.25) is 0 Å². The minimum atomic E-state index is -0.193. The number of ether oxygens (including phenoxy) is 1. The van der Waals surface area contributed by atoms with E-state index in [4.69, 9.17) is 22.7 Å². The van der Waals surface area contributed by atoms with Gasteiger partial charge in [-0.1, -0.05) is 75.1 Å². The van der Waals surface area contributed by atoms with Gasteiger partial charge in [-0.15, -0.1) is 0 Å². The molecule has 0 unspecified atom stereocenters. The SMILES string of the molecule is CCCCCCCC=CCC(=O)OCCCC(=NNC(N)=S)c1ccccc1. The first kappa shape index (κ1) is 23.8. The number of esters is 1. The molecule has 1 aromatic rings. The molecular weight excluding hydrogens is 370 g/mol. The Kier molecular flexibility index (Phi) is 13.5. The van der Waals surface area contributed by atoms with Crippen molar-refractivity contribution in [3.63, 3.8) is 0 Å². The summed E-state index contributed by atoms with van der Waals surface area (Å²) in [4.78, 5) is 11.8. The molecule has 154 valence electrons. The number of hydrogen-bond acceptors (Lipinski definition) is 4. The Hall–Kier alpha value is -2.21. The van der Waals surface area contributed by atoms with E-state index in [0.29, 0.717) is 25.9 Å². The van der Waals surface area contributed by atoms with Crippen molar-refractivity contribution in [1.29, 1.82) is 0 Å². The highest BCUT2D eigenvalue weighted by molar-refractivity contribution is 7.80. The molecule has 0 heterocycles. The summed E-state index contributed by atoms with van der Waals surface area (Å²) in [6.45, 7) is 2.58. The maximum absolute atomic E-state index is 11.8. The quantitative estimate of drug-likeness (QED) is 0.116. The molecule has 0 aromatic heterocycles. The lowest BCUT2D eigenvalue weighted by Crippen LogP contribution is -2.25.